The van der Waals surface area contributed by atoms with E-state index in [-0.39, 0.29) is 16.9 Å². The smallest absolute Gasteiger partial charge is 0.271 e. The lowest BCUT2D eigenvalue weighted by molar-refractivity contribution is 0.467. The normalized spacial score (nSPS) is 12.9. The van der Waals surface area contributed by atoms with Crippen molar-refractivity contribution in [2.24, 2.45) is 4.99 Å². The van der Waals surface area contributed by atoms with Crippen LogP contribution in [-0.4, -0.2) is 26.7 Å². The van der Waals surface area contributed by atoms with Gasteiger partial charge in [-0.15, -0.1) is 11.3 Å². The number of aromatic hydroxyl groups is 1. The second-order valence-corrected chi connectivity index (χ2v) is 8.01. The topological polar surface area (TPSA) is 91.5 Å². The minimum Gasteiger partial charge on any atom is -0.507 e. The Morgan fingerprint density at radius 1 is 1.37 bits per heavy atom. The lowest BCUT2D eigenvalue weighted by Crippen LogP contribution is -2.31. The Kier molecular flexibility index (Phi) is 4.85. The molecule has 1 aliphatic rings. The van der Waals surface area contributed by atoms with Crippen molar-refractivity contribution < 1.29 is 5.11 Å². The van der Waals surface area contributed by atoms with Crippen molar-refractivity contribution in [3.63, 3.8) is 0 Å². The zero-order valence-electron chi connectivity index (χ0n) is 14.4. The summed E-state index contributed by atoms with van der Waals surface area (Å²) in [5.74, 6) is 0.248. The van der Waals surface area contributed by atoms with E-state index in [1.165, 1.54) is 39.8 Å². The molecule has 0 unspecified atom stereocenters. The van der Waals surface area contributed by atoms with E-state index in [2.05, 4.69) is 19.4 Å². The van der Waals surface area contributed by atoms with Gasteiger partial charge >= 0.3 is 0 Å². The third-order valence-corrected chi connectivity index (χ3v) is 5.95. The molecule has 0 saturated heterocycles. The fraction of sp³-hybridized carbons (Fsp3) is 0.118. The number of hydrogen-bond donors (Lipinski definition) is 3. The van der Waals surface area contributed by atoms with Crippen LogP contribution < -0.4 is 15.0 Å². The number of aromatic nitrogens is 2. The molecule has 0 spiro atoms. The highest BCUT2D eigenvalue weighted by Crippen LogP contribution is 2.35. The number of nitrogens with one attached hydrogen (secondary N) is 2. The molecule has 0 amide bonds. The summed E-state index contributed by atoms with van der Waals surface area (Å²) in [6.45, 7) is 1.74. The van der Waals surface area contributed by atoms with Gasteiger partial charge in [-0.2, -0.15) is 0 Å². The Morgan fingerprint density at radius 2 is 2.22 bits per heavy atom. The second-order valence-electron chi connectivity index (χ2n) is 5.68. The Balaban J connectivity index is 1.83. The number of nitrogens with zero attached hydrogens (tertiary/aromatic N) is 3. The van der Waals surface area contributed by atoms with Crippen LogP contribution in [0, 0.1) is 6.92 Å². The van der Waals surface area contributed by atoms with Crippen molar-refractivity contribution in [3.8, 4) is 10.9 Å². The number of aliphatic imine (C=N–C) groups is 1. The summed E-state index contributed by atoms with van der Waals surface area (Å²) in [4.78, 5) is 22.7. The highest BCUT2D eigenvalue weighted by Gasteiger charge is 2.23. The first-order valence-corrected chi connectivity index (χ1v) is 10.8. The number of hydrogen-bond acceptors (Lipinski definition) is 9. The maximum absolute atomic E-state index is 13.0. The second kappa shape index (κ2) is 7.29. The lowest BCUT2D eigenvalue weighted by atomic mass is 10.1. The Labute approximate surface area is 167 Å². The first kappa shape index (κ1) is 18.0. The van der Waals surface area contributed by atoms with Gasteiger partial charge in [-0.1, -0.05) is 11.9 Å². The summed E-state index contributed by atoms with van der Waals surface area (Å²) < 4.78 is 7.70. The molecule has 3 heterocycles. The van der Waals surface area contributed by atoms with Crippen molar-refractivity contribution in [2.45, 2.75) is 11.8 Å². The maximum Gasteiger partial charge on any atom is 0.271 e. The molecule has 0 bridgehead atoms. The van der Waals surface area contributed by atoms with Gasteiger partial charge in [-0.25, -0.2) is 9.98 Å². The molecule has 1 aliphatic heterocycles. The van der Waals surface area contributed by atoms with E-state index in [4.69, 9.17) is 0 Å². The van der Waals surface area contributed by atoms with Gasteiger partial charge in [0, 0.05) is 35.3 Å². The molecule has 0 radical (unpaired) electrons. The largest absolute Gasteiger partial charge is 0.507 e. The zero-order valence-corrected chi connectivity index (χ0v) is 16.8. The number of aryl methyl sites for hydroxylation is 1. The molecule has 10 heteroatoms. The maximum atomic E-state index is 13.0. The van der Waals surface area contributed by atoms with Crippen LogP contribution in [0.3, 0.4) is 0 Å². The van der Waals surface area contributed by atoms with Crippen molar-refractivity contribution in [2.75, 3.05) is 11.0 Å². The molecule has 1 aromatic carbocycles. The molecule has 0 atom stereocenters. The number of amidine groups is 1. The molecule has 7 nitrogen and oxygen atoms in total. The third kappa shape index (κ3) is 3.31. The number of rotatable bonds is 4. The molecule has 3 N–H and O–H groups in total. The molecule has 2 aromatic heterocycles. The average molecular weight is 418 g/mol. The van der Waals surface area contributed by atoms with Gasteiger partial charge in [0.2, 0.25) is 0 Å². The van der Waals surface area contributed by atoms with E-state index in [0.29, 0.717) is 16.5 Å². The van der Waals surface area contributed by atoms with Gasteiger partial charge in [0.1, 0.15) is 11.3 Å². The summed E-state index contributed by atoms with van der Waals surface area (Å²) in [6, 6.07) is 5.79. The summed E-state index contributed by atoms with van der Waals surface area (Å²) in [7, 11) is 0. The number of anilines is 1. The molecular weight excluding hydrogens is 402 g/mol. The van der Waals surface area contributed by atoms with Gasteiger partial charge in [-0.3, -0.25) is 9.36 Å². The van der Waals surface area contributed by atoms with Crippen LogP contribution in [0.1, 0.15) is 11.1 Å². The summed E-state index contributed by atoms with van der Waals surface area (Å²) in [5.41, 5.74) is 2.04. The van der Waals surface area contributed by atoms with Crippen molar-refractivity contribution in [1.82, 2.24) is 14.3 Å². The van der Waals surface area contributed by atoms with Crippen molar-refractivity contribution in [1.29, 1.82) is 0 Å². The quantitative estimate of drug-likeness (QED) is 0.558. The van der Waals surface area contributed by atoms with E-state index in [1.807, 2.05) is 24.5 Å². The molecular formula is C17H15N5O2S3. The molecule has 4 rings (SSSR count). The third-order valence-electron chi connectivity index (χ3n) is 3.90. The van der Waals surface area contributed by atoms with Crippen molar-refractivity contribution in [3.05, 3.63) is 57.5 Å². The highest BCUT2D eigenvalue weighted by molar-refractivity contribution is 7.99. The van der Waals surface area contributed by atoms with Gasteiger partial charge < -0.3 is 14.6 Å². The minimum atomic E-state index is -0.371. The van der Waals surface area contributed by atoms with E-state index >= 15 is 0 Å². The fourth-order valence-corrected chi connectivity index (χ4v) is 4.38. The van der Waals surface area contributed by atoms with Gasteiger partial charge in [0.05, 0.1) is 10.6 Å². The Hall–Kier alpha value is -2.43. The number of benzene rings is 1. The van der Waals surface area contributed by atoms with Crippen molar-refractivity contribution >= 4 is 52.4 Å². The molecule has 3 aromatic rings. The molecule has 27 heavy (non-hydrogen) atoms. The van der Waals surface area contributed by atoms with E-state index in [9.17, 15) is 9.90 Å². The average Bonchev–Trinajstić information content (AvgIpc) is 3.19. The number of thiazole rings is 1. The van der Waals surface area contributed by atoms with E-state index in [1.54, 1.807) is 24.7 Å². The number of fused-ring (bicyclic) bond motifs is 1. The summed E-state index contributed by atoms with van der Waals surface area (Å²) in [6.07, 6.45) is 5.18. The van der Waals surface area contributed by atoms with Crippen LogP contribution in [0.25, 0.3) is 5.13 Å². The van der Waals surface area contributed by atoms with E-state index in [0.717, 1.165) is 16.3 Å². The first-order chi connectivity index (χ1) is 13.1. The van der Waals surface area contributed by atoms with Crippen LogP contribution in [0.4, 0.5) is 11.4 Å². The molecule has 0 saturated carbocycles. The number of pyridine rings is 1. The van der Waals surface area contributed by atoms with E-state index < -0.39 is 0 Å². The highest BCUT2D eigenvalue weighted by atomic mass is 32.2. The molecule has 138 valence electrons. The lowest BCUT2D eigenvalue weighted by Gasteiger charge is -2.19. The first-order valence-electron chi connectivity index (χ1n) is 7.88. The van der Waals surface area contributed by atoms with Crippen LogP contribution in [0.5, 0.6) is 5.75 Å². The zero-order chi connectivity index (χ0) is 19.0. The molecule has 0 fully saturated rings. The van der Waals surface area contributed by atoms with Crippen LogP contribution >= 0.6 is 35.2 Å². The molecule has 0 aliphatic carbocycles. The van der Waals surface area contributed by atoms with Crippen LogP contribution in [-0.2, 0) is 0 Å². The Bertz CT molecular complexity index is 1090. The van der Waals surface area contributed by atoms with Gasteiger partial charge in [-0.05, 0) is 37.1 Å². The standard InChI is InChI=1S/C17H15N5O2S3/c1-9-8-22(17-18-5-6-26-17)16(24)13(14(9)23)15-19-11-4-3-10(20-25-2)7-12(11)27-21-15/h3-8,20,23H,1-2H3,(H,19,21). The Morgan fingerprint density at radius 3 is 2.96 bits per heavy atom. The predicted molar refractivity (Wildman–Crippen MR) is 113 cm³/mol. The van der Waals surface area contributed by atoms with Gasteiger partial charge in [0.25, 0.3) is 5.56 Å². The van der Waals surface area contributed by atoms with Gasteiger partial charge in [0.15, 0.2) is 11.0 Å². The minimum absolute atomic E-state index is 0.0798. The predicted octanol–water partition coefficient (Wildman–Crippen LogP) is 3.69. The SMILES string of the molecule is CSNc1ccc2c(c1)SNC(c1c(O)c(C)cn(-c3nccs3)c1=O)=N2. The van der Waals surface area contributed by atoms with Crippen LogP contribution in [0.2, 0.25) is 0 Å². The summed E-state index contributed by atoms with van der Waals surface area (Å²) >= 11 is 4.22. The van der Waals surface area contributed by atoms with Crippen LogP contribution in [0.15, 0.2) is 50.7 Å². The summed E-state index contributed by atoms with van der Waals surface area (Å²) in [5, 5.41) is 12.9. The monoisotopic (exact) mass is 417 g/mol. The fourth-order valence-electron chi connectivity index (χ4n) is 2.65.